The van der Waals surface area contributed by atoms with Crippen LogP contribution in [-0.4, -0.2) is 99.3 Å². The molecule has 0 aliphatic carbocycles. The van der Waals surface area contributed by atoms with Crippen LogP contribution in [0.1, 0.15) is 110 Å². The average Bonchev–Trinajstić information content (AvgIpc) is 3.20. The summed E-state index contributed by atoms with van der Waals surface area (Å²) in [5, 5.41) is 48.7. The number of rotatable bonds is 36. The summed E-state index contributed by atoms with van der Waals surface area (Å²) in [6, 6.07) is 0. The predicted molar refractivity (Wildman–Crippen MR) is 227 cm³/mol. The molecule has 13 nitrogen and oxygen atoms in total. The number of aliphatic hydroxyl groups is 5. The van der Waals surface area contributed by atoms with Crippen LogP contribution in [0, 0.1) is 0 Å². The molecule has 0 radical (unpaired) electrons. The van der Waals surface area contributed by atoms with Gasteiger partial charge in [0.15, 0.2) is 6.10 Å². The number of esters is 2. The van der Waals surface area contributed by atoms with Crippen LogP contribution in [-0.2, 0) is 32.7 Å². The van der Waals surface area contributed by atoms with Crippen LogP contribution in [0.5, 0.6) is 0 Å². The Morgan fingerprint density at radius 2 is 1.24 bits per heavy atom. The third-order valence-electron chi connectivity index (χ3n) is 8.07. The minimum Gasteiger partial charge on any atom is -0.462 e. The van der Waals surface area contributed by atoms with Gasteiger partial charge in [-0.1, -0.05) is 124 Å². The van der Waals surface area contributed by atoms with E-state index in [1.807, 2.05) is 19.1 Å². The molecule has 0 aromatic carbocycles. The van der Waals surface area contributed by atoms with Gasteiger partial charge in [-0.2, -0.15) is 0 Å². The number of aliphatic hydroxyl groups excluding tert-OH is 5. The second kappa shape index (κ2) is 38.0. The van der Waals surface area contributed by atoms with E-state index in [-0.39, 0.29) is 25.7 Å². The van der Waals surface area contributed by atoms with Gasteiger partial charge in [0.05, 0.1) is 38.1 Å². The zero-order valence-corrected chi connectivity index (χ0v) is 35.4. The van der Waals surface area contributed by atoms with Gasteiger partial charge in [-0.3, -0.25) is 18.6 Å². The van der Waals surface area contributed by atoms with Crippen molar-refractivity contribution in [1.82, 2.24) is 0 Å². The Labute approximate surface area is 346 Å². The summed E-state index contributed by atoms with van der Waals surface area (Å²) in [6.07, 6.45) is 34.6. The predicted octanol–water partition coefficient (Wildman–Crippen LogP) is 7.35. The van der Waals surface area contributed by atoms with E-state index >= 15 is 0 Å². The molecule has 0 aliphatic rings. The smallest absolute Gasteiger partial charge is 0.462 e. The Bertz CT molecular complexity index is 1330. The highest BCUT2D eigenvalue weighted by Gasteiger charge is 2.27. The normalized spacial score (nSPS) is 16.5. The van der Waals surface area contributed by atoms with Crippen LogP contribution in [0.4, 0.5) is 0 Å². The molecule has 14 heteroatoms. The summed E-state index contributed by atoms with van der Waals surface area (Å²) in [5.41, 5.74) is 0. The Balaban J connectivity index is 4.77. The van der Waals surface area contributed by atoms with Crippen molar-refractivity contribution in [3.05, 3.63) is 97.2 Å². The minimum atomic E-state index is -4.73. The Morgan fingerprint density at radius 1 is 0.655 bits per heavy atom. The van der Waals surface area contributed by atoms with Crippen LogP contribution < -0.4 is 0 Å². The summed E-state index contributed by atoms with van der Waals surface area (Å²) in [7, 11) is -4.73. The summed E-state index contributed by atoms with van der Waals surface area (Å²) in [5.74, 6) is -1.32. The van der Waals surface area contributed by atoms with E-state index in [1.54, 1.807) is 42.5 Å². The van der Waals surface area contributed by atoms with Crippen LogP contribution in [0.3, 0.4) is 0 Å². The lowest BCUT2D eigenvalue weighted by atomic mass is 10.1. The number of carbonyl (C=O) groups excluding carboxylic acids is 2. The van der Waals surface area contributed by atoms with Crippen molar-refractivity contribution < 1.29 is 63.1 Å². The molecule has 330 valence electrons. The van der Waals surface area contributed by atoms with Crippen LogP contribution >= 0.6 is 7.82 Å². The fraction of sp³-hybridized carbons (Fsp3) is 0.591. The third-order valence-corrected chi connectivity index (χ3v) is 9.02. The van der Waals surface area contributed by atoms with E-state index in [2.05, 4.69) is 47.9 Å². The van der Waals surface area contributed by atoms with Crippen molar-refractivity contribution in [2.24, 2.45) is 0 Å². The highest BCUT2D eigenvalue weighted by Crippen LogP contribution is 2.43. The van der Waals surface area contributed by atoms with Gasteiger partial charge in [0.25, 0.3) is 0 Å². The Hall–Kier alpha value is -3.23. The van der Waals surface area contributed by atoms with Gasteiger partial charge in [-0.05, 0) is 70.6 Å². The van der Waals surface area contributed by atoms with Crippen LogP contribution in [0.25, 0.3) is 0 Å². The van der Waals surface area contributed by atoms with Crippen molar-refractivity contribution in [3.8, 4) is 0 Å². The molecular formula is C44H71O13P. The summed E-state index contributed by atoms with van der Waals surface area (Å²) in [4.78, 5) is 35.0. The average molecular weight is 839 g/mol. The number of hydrogen-bond donors (Lipinski definition) is 6. The van der Waals surface area contributed by atoms with Crippen molar-refractivity contribution in [2.45, 2.75) is 141 Å². The molecule has 6 N–H and O–H groups in total. The highest BCUT2D eigenvalue weighted by molar-refractivity contribution is 7.47. The molecule has 6 atom stereocenters. The first kappa shape index (κ1) is 54.8. The number of hydrogen-bond acceptors (Lipinski definition) is 12. The molecule has 58 heavy (non-hydrogen) atoms. The molecule has 0 saturated carbocycles. The third kappa shape index (κ3) is 35.9. The highest BCUT2D eigenvalue weighted by atomic mass is 31.2. The van der Waals surface area contributed by atoms with E-state index in [9.17, 15) is 39.5 Å². The largest absolute Gasteiger partial charge is 0.472 e. The standard InChI is InChI=1S/C44H71O13P/c1-3-5-7-8-9-10-11-12-13-14-15-16-17-22-26-32-43(50)54-36-40(37-56-58(52,53)55-35-39(47)34-45)57-44(51)33-27-31-42(49)41(48)30-25-21-19-18-20-24-29-38(46)28-23-6-4-2/h6,9-10,12-13,15-16,18-21,23-25,29-30,38-42,45-49H,3-5,7-8,11,14,17,22,26-28,31-37H2,1-2H3,(H,52,53)/b10-9-,13-12-,16-15-,20-18+,21-19-,23-6-,29-24+,30-25-/t38-,39-,40+,41+,42+/m0/s1. The number of allylic oxidation sites excluding steroid dienone is 13. The molecule has 0 aliphatic heterocycles. The van der Waals surface area contributed by atoms with E-state index in [1.165, 1.54) is 25.3 Å². The molecule has 1 unspecified atom stereocenters. The van der Waals surface area contributed by atoms with E-state index in [0.717, 1.165) is 38.5 Å². The fourth-order valence-electron chi connectivity index (χ4n) is 4.75. The number of phosphoric acid groups is 1. The maximum atomic E-state index is 12.6. The first-order valence-corrected chi connectivity index (χ1v) is 22.0. The van der Waals surface area contributed by atoms with Crippen molar-refractivity contribution in [2.75, 3.05) is 26.4 Å². The molecule has 0 saturated heterocycles. The minimum absolute atomic E-state index is 0.0521. The summed E-state index contributed by atoms with van der Waals surface area (Å²) < 4.78 is 32.4. The summed E-state index contributed by atoms with van der Waals surface area (Å²) >= 11 is 0. The van der Waals surface area contributed by atoms with Crippen LogP contribution in [0.2, 0.25) is 0 Å². The number of ether oxygens (including phenoxy) is 2. The van der Waals surface area contributed by atoms with Gasteiger partial charge in [0.1, 0.15) is 12.7 Å². The quantitative estimate of drug-likeness (QED) is 0.0120. The molecule has 0 fully saturated rings. The molecule has 0 aromatic rings. The topological polar surface area (TPSA) is 210 Å². The number of carbonyl (C=O) groups is 2. The molecular weight excluding hydrogens is 767 g/mol. The number of unbranched alkanes of at least 4 members (excludes halogenated alkanes) is 5. The van der Waals surface area contributed by atoms with Gasteiger partial charge >= 0.3 is 19.8 Å². The van der Waals surface area contributed by atoms with Gasteiger partial charge < -0.3 is 39.9 Å². The number of phosphoric ester groups is 1. The van der Waals surface area contributed by atoms with Gasteiger partial charge in [0.2, 0.25) is 0 Å². The zero-order valence-electron chi connectivity index (χ0n) is 34.5. The van der Waals surface area contributed by atoms with Crippen molar-refractivity contribution in [3.63, 3.8) is 0 Å². The lowest BCUT2D eigenvalue weighted by Crippen LogP contribution is -2.30. The Kier molecular flexibility index (Phi) is 35.9. The summed E-state index contributed by atoms with van der Waals surface area (Å²) in [6.45, 7) is 1.68. The molecule has 0 amide bonds. The lowest BCUT2D eigenvalue weighted by molar-refractivity contribution is -0.161. The zero-order chi connectivity index (χ0) is 43.1. The van der Waals surface area contributed by atoms with Gasteiger partial charge in [-0.25, -0.2) is 4.57 Å². The van der Waals surface area contributed by atoms with Crippen LogP contribution in [0.15, 0.2) is 97.2 Å². The SMILES string of the molecule is CC/C=C\C[C@H](O)/C=C/C=C/C=C\C=C/[C@@H](O)[C@H](O)CCCC(=O)O[C@H](COC(=O)CCCC/C=C\C/C=C\C/C=C\CCCCC)COP(=O)(O)OC[C@@H](O)CO. The van der Waals surface area contributed by atoms with Gasteiger partial charge in [0, 0.05) is 12.8 Å². The lowest BCUT2D eigenvalue weighted by Gasteiger charge is -2.20. The maximum Gasteiger partial charge on any atom is 0.472 e. The first-order chi connectivity index (χ1) is 27.9. The molecule has 0 bridgehead atoms. The van der Waals surface area contributed by atoms with Crippen molar-refractivity contribution >= 4 is 19.8 Å². The fourth-order valence-corrected chi connectivity index (χ4v) is 5.54. The molecule has 0 aromatic heterocycles. The first-order valence-electron chi connectivity index (χ1n) is 20.5. The van der Waals surface area contributed by atoms with E-state index in [4.69, 9.17) is 19.1 Å². The second-order valence-electron chi connectivity index (χ2n) is 13.5. The second-order valence-corrected chi connectivity index (χ2v) is 14.9. The monoisotopic (exact) mass is 838 g/mol. The molecule has 0 heterocycles. The maximum absolute atomic E-state index is 12.6. The van der Waals surface area contributed by atoms with E-state index < -0.39 is 76.7 Å². The molecule has 0 spiro atoms. The molecule has 0 rings (SSSR count). The van der Waals surface area contributed by atoms with Crippen molar-refractivity contribution in [1.29, 1.82) is 0 Å². The van der Waals surface area contributed by atoms with Gasteiger partial charge in [-0.15, -0.1) is 0 Å². The Morgan fingerprint density at radius 3 is 1.88 bits per heavy atom. The van der Waals surface area contributed by atoms with E-state index in [0.29, 0.717) is 12.8 Å².